The third-order valence-corrected chi connectivity index (χ3v) is 3.43. The first kappa shape index (κ1) is 13.7. The van der Waals surface area contributed by atoms with E-state index in [2.05, 4.69) is 26.2 Å². The molecule has 100 valence electrons. The van der Waals surface area contributed by atoms with Crippen LogP contribution in [0.3, 0.4) is 0 Å². The second-order valence-corrected chi connectivity index (χ2v) is 5.02. The largest absolute Gasteiger partial charge is 0.492 e. The lowest BCUT2D eigenvalue weighted by Crippen LogP contribution is -2.12. The van der Waals surface area contributed by atoms with Crippen molar-refractivity contribution in [2.24, 2.45) is 0 Å². The lowest BCUT2D eigenvalue weighted by Gasteiger charge is -2.09. The van der Waals surface area contributed by atoms with Crippen LogP contribution in [-0.2, 0) is 0 Å². The summed E-state index contributed by atoms with van der Waals surface area (Å²) < 4.78 is 6.59. The number of nitrogens with two attached hydrogens (primary N) is 1. The number of nitrogens with zero attached hydrogens (tertiary/aromatic N) is 1. The molecule has 0 saturated carbocycles. The molecule has 0 amide bonds. The Balaban J connectivity index is 1.77. The number of nitrogen functional groups attached to an aromatic ring is 1. The van der Waals surface area contributed by atoms with E-state index < -0.39 is 0 Å². The van der Waals surface area contributed by atoms with Gasteiger partial charge in [-0.25, -0.2) is 4.98 Å². The van der Waals surface area contributed by atoms with Gasteiger partial charge >= 0.3 is 0 Å². The number of pyridine rings is 1. The summed E-state index contributed by atoms with van der Waals surface area (Å²) in [7, 11) is 0. The molecule has 0 saturated heterocycles. The molecule has 0 fully saturated rings. The molecule has 1 heterocycles. The third kappa shape index (κ3) is 4.13. The van der Waals surface area contributed by atoms with Crippen molar-refractivity contribution in [1.29, 1.82) is 0 Å². The minimum atomic E-state index is 0.570. The van der Waals surface area contributed by atoms with Crippen LogP contribution in [0.2, 0.25) is 0 Å². The predicted molar refractivity (Wildman–Crippen MR) is 81.5 cm³/mol. The molecule has 3 N–H and O–H groups in total. The van der Waals surface area contributed by atoms with Crippen LogP contribution < -0.4 is 15.8 Å². The van der Waals surface area contributed by atoms with Crippen molar-refractivity contribution in [3.05, 3.63) is 46.6 Å². The van der Waals surface area contributed by atoms with Gasteiger partial charge in [0, 0.05) is 16.4 Å². The molecule has 1 aromatic carbocycles. The van der Waals surface area contributed by atoms with Crippen molar-refractivity contribution in [3.8, 4) is 5.75 Å². The van der Waals surface area contributed by atoms with Gasteiger partial charge in [-0.15, -0.1) is 0 Å². The fraction of sp³-hybridized carbons (Fsp3) is 0.214. The SMILES string of the molecule is Cc1cc(NCCOc2ccc(N)cc2)ncc1Br. The molecule has 4 nitrogen and oxygen atoms in total. The number of aromatic nitrogens is 1. The minimum absolute atomic E-state index is 0.570. The minimum Gasteiger partial charge on any atom is -0.492 e. The van der Waals surface area contributed by atoms with Crippen LogP contribution in [0.25, 0.3) is 0 Å². The van der Waals surface area contributed by atoms with E-state index >= 15 is 0 Å². The van der Waals surface area contributed by atoms with Crippen molar-refractivity contribution < 1.29 is 4.74 Å². The van der Waals surface area contributed by atoms with Crippen LogP contribution in [0.5, 0.6) is 5.75 Å². The fourth-order valence-electron chi connectivity index (χ4n) is 1.55. The maximum Gasteiger partial charge on any atom is 0.126 e. The Kier molecular flexibility index (Phi) is 4.63. The zero-order valence-electron chi connectivity index (χ0n) is 10.7. The molecular weight excluding hydrogens is 306 g/mol. The number of aryl methyl sites for hydroxylation is 1. The number of anilines is 2. The van der Waals surface area contributed by atoms with Crippen LogP contribution in [-0.4, -0.2) is 18.1 Å². The molecule has 0 unspecified atom stereocenters. The number of benzene rings is 1. The van der Waals surface area contributed by atoms with Crippen LogP contribution in [0.1, 0.15) is 5.56 Å². The Labute approximate surface area is 121 Å². The maximum absolute atomic E-state index is 5.60. The molecule has 0 spiro atoms. The number of hydrogen-bond donors (Lipinski definition) is 2. The Morgan fingerprint density at radius 1 is 1.32 bits per heavy atom. The molecule has 0 aliphatic rings. The van der Waals surface area contributed by atoms with E-state index in [4.69, 9.17) is 10.5 Å². The molecule has 0 radical (unpaired) electrons. The number of halogens is 1. The van der Waals surface area contributed by atoms with Crippen molar-refractivity contribution >= 4 is 27.4 Å². The van der Waals surface area contributed by atoms with E-state index in [0.29, 0.717) is 13.2 Å². The van der Waals surface area contributed by atoms with Crippen molar-refractivity contribution in [1.82, 2.24) is 4.98 Å². The molecular formula is C14H16BrN3O. The highest BCUT2D eigenvalue weighted by atomic mass is 79.9. The number of nitrogens with one attached hydrogen (secondary N) is 1. The second-order valence-electron chi connectivity index (χ2n) is 4.16. The maximum atomic E-state index is 5.60. The highest BCUT2D eigenvalue weighted by Crippen LogP contribution is 2.17. The lowest BCUT2D eigenvalue weighted by atomic mass is 10.3. The summed E-state index contributed by atoms with van der Waals surface area (Å²) in [4.78, 5) is 4.27. The summed E-state index contributed by atoms with van der Waals surface area (Å²) in [5, 5.41) is 3.21. The monoisotopic (exact) mass is 321 g/mol. The van der Waals surface area contributed by atoms with Gasteiger partial charge < -0.3 is 15.8 Å². The quantitative estimate of drug-likeness (QED) is 0.655. The Bertz CT molecular complexity index is 543. The van der Waals surface area contributed by atoms with Crippen molar-refractivity contribution in [2.45, 2.75) is 6.92 Å². The number of hydrogen-bond acceptors (Lipinski definition) is 4. The van der Waals surface area contributed by atoms with Crippen LogP contribution in [0, 0.1) is 6.92 Å². The third-order valence-electron chi connectivity index (χ3n) is 2.60. The van der Waals surface area contributed by atoms with Gasteiger partial charge in [0.2, 0.25) is 0 Å². The molecule has 5 heteroatoms. The van der Waals surface area contributed by atoms with E-state index in [1.807, 2.05) is 37.3 Å². The number of ether oxygens (including phenoxy) is 1. The smallest absolute Gasteiger partial charge is 0.126 e. The van der Waals surface area contributed by atoms with Crippen molar-refractivity contribution in [3.63, 3.8) is 0 Å². The topological polar surface area (TPSA) is 60.2 Å². The summed E-state index contributed by atoms with van der Waals surface area (Å²) in [6, 6.07) is 9.35. The molecule has 1 aromatic heterocycles. The lowest BCUT2D eigenvalue weighted by molar-refractivity contribution is 0.333. The summed E-state index contributed by atoms with van der Waals surface area (Å²) in [6.45, 7) is 3.29. The summed E-state index contributed by atoms with van der Waals surface area (Å²) in [5.41, 5.74) is 7.49. The highest BCUT2D eigenvalue weighted by Gasteiger charge is 1.98. The van der Waals surface area contributed by atoms with Gasteiger partial charge in [-0.1, -0.05) is 0 Å². The van der Waals surface area contributed by atoms with Gasteiger partial charge in [0.1, 0.15) is 18.2 Å². The van der Waals surface area contributed by atoms with Gasteiger partial charge in [-0.05, 0) is 58.7 Å². The van der Waals surface area contributed by atoms with Crippen molar-refractivity contribution in [2.75, 3.05) is 24.2 Å². The molecule has 0 aliphatic heterocycles. The molecule has 0 aliphatic carbocycles. The van der Waals surface area contributed by atoms with Gasteiger partial charge in [-0.2, -0.15) is 0 Å². The van der Waals surface area contributed by atoms with Crippen LogP contribution >= 0.6 is 15.9 Å². The van der Waals surface area contributed by atoms with Crippen LogP contribution in [0.15, 0.2) is 41.0 Å². The first-order chi connectivity index (χ1) is 9.15. The number of rotatable bonds is 5. The normalized spacial score (nSPS) is 10.2. The van der Waals surface area contributed by atoms with E-state index in [0.717, 1.165) is 27.3 Å². The Hall–Kier alpha value is -1.75. The molecule has 0 bridgehead atoms. The van der Waals surface area contributed by atoms with Gasteiger partial charge in [0.05, 0.1) is 6.54 Å². The molecule has 2 aromatic rings. The highest BCUT2D eigenvalue weighted by molar-refractivity contribution is 9.10. The van der Waals surface area contributed by atoms with E-state index in [1.165, 1.54) is 0 Å². The average molecular weight is 322 g/mol. The average Bonchev–Trinajstić information content (AvgIpc) is 2.41. The summed E-state index contributed by atoms with van der Waals surface area (Å²) in [6.07, 6.45) is 1.79. The zero-order valence-corrected chi connectivity index (χ0v) is 12.3. The van der Waals surface area contributed by atoms with Gasteiger partial charge in [-0.3, -0.25) is 0 Å². The van der Waals surface area contributed by atoms with Gasteiger partial charge in [0.25, 0.3) is 0 Å². The summed E-state index contributed by atoms with van der Waals surface area (Å²) >= 11 is 3.42. The summed E-state index contributed by atoms with van der Waals surface area (Å²) in [5.74, 6) is 1.66. The second kappa shape index (κ2) is 6.43. The fourth-order valence-corrected chi connectivity index (χ4v) is 1.76. The standard InChI is InChI=1S/C14H16BrN3O/c1-10-8-14(18-9-13(10)15)17-6-7-19-12-4-2-11(16)3-5-12/h2-5,8-9H,6-7,16H2,1H3,(H,17,18). The predicted octanol–water partition coefficient (Wildman–Crippen LogP) is 3.23. The molecule has 19 heavy (non-hydrogen) atoms. The first-order valence-corrected chi connectivity index (χ1v) is 6.79. The van der Waals surface area contributed by atoms with Gasteiger partial charge in [0.15, 0.2) is 0 Å². The van der Waals surface area contributed by atoms with Crippen LogP contribution in [0.4, 0.5) is 11.5 Å². The molecule has 0 atom stereocenters. The Morgan fingerprint density at radius 3 is 2.74 bits per heavy atom. The molecule has 2 rings (SSSR count). The Morgan fingerprint density at radius 2 is 2.05 bits per heavy atom. The first-order valence-electron chi connectivity index (χ1n) is 5.99. The van der Waals surface area contributed by atoms with E-state index in [1.54, 1.807) is 6.20 Å². The van der Waals surface area contributed by atoms with E-state index in [-0.39, 0.29) is 0 Å². The zero-order chi connectivity index (χ0) is 13.7. The van der Waals surface area contributed by atoms with E-state index in [9.17, 15) is 0 Å².